The van der Waals surface area contributed by atoms with Gasteiger partial charge in [0.25, 0.3) is 0 Å². The van der Waals surface area contributed by atoms with E-state index in [1.54, 1.807) is 0 Å². The molecule has 1 aromatic heterocycles. The van der Waals surface area contributed by atoms with Gasteiger partial charge in [0.2, 0.25) is 0 Å². The van der Waals surface area contributed by atoms with E-state index in [0.29, 0.717) is 0 Å². The second-order valence-corrected chi connectivity index (χ2v) is 10.1. The summed E-state index contributed by atoms with van der Waals surface area (Å²) in [5, 5.41) is 4.97. The molecule has 1 aliphatic rings. The van der Waals surface area contributed by atoms with Gasteiger partial charge in [0.1, 0.15) is 0 Å². The predicted octanol–water partition coefficient (Wildman–Crippen LogP) is 9.01. The molecule has 0 radical (unpaired) electrons. The summed E-state index contributed by atoms with van der Waals surface area (Å²) in [7, 11) is 0. The highest BCUT2D eigenvalue weighted by molar-refractivity contribution is 7.20. The van der Waals surface area contributed by atoms with Gasteiger partial charge in [0, 0.05) is 31.9 Å². The number of benzene rings is 5. The predicted molar refractivity (Wildman–Crippen MR) is 149 cm³/mol. The van der Waals surface area contributed by atoms with Crippen molar-refractivity contribution >= 4 is 32.8 Å². The number of rotatable bonds is 4. The molecule has 5 aromatic carbocycles. The minimum absolute atomic E-state index is 0.370. The topological polar surface area (TPSA) is 12.0 Å². The van der Waals surface area contributed by atoms with E-state index in [2.05, 4.69) is 133 Å². The lowest BCUT2D eigenvalue weighted by Gasteiger charge is -2.33. The summed E-state index contributed by atoms with van der Waals surface area (Å²) in [5.41, 5.74) is 8.46. The van der Waals surface area contributed by atoms with Gasteiger partial charge in [-0.2, -0.15) is 0 Å². The van der Waals surface area contributed by atoms with Crippen molar-refractivity contribution in [1.82, 2.24) is 0 Å². The molecule has 0 aliphatic heterocycles. The molecule has 0 spiro atoms. The Morgan fingerprint density at radius 3 is 1.83 bits per heavy atom. The van der Waals surface area contributed by atoms with Crippen LogP contribution in [0.1, 0.15) is 21.6 Å². The molecule has 0 amide bonds. The third kappa shape index (κ3) is 3.00. The summed E-state index contributed by atoms with van der Waals surface area (Å²) in [4.78, 5) is 1.41. The van der Waals surface area contributed by atoms with E-state index in [0.717, 1.165) is 11.4 Å². The smallest absolute Gasteiger partial charge is 0.0808 e. The molecule has 35 heavy (non-hydrogen) atoms. The number of hydrogen-bond acceptors (Lipinski definition) is 2. The van der Waals surface area contributed by atoms with Crippen molar-refractivity contribution in [1.29, 1.82) is 0 Å². The number of fused-ring (bicyclic) bond motifs is 5. The van der Waals surface area contributed by atoms with Crippen molar-refractivity contribution in [2.24, 2.45) is 0 Å². The molecule has 0 atom stereocenters. The summed E-state index contributed by atoms with van der Waals surface area (Å²) in [6.07, 6.45) is 0. The molecule has 0 saturated carbocycles. The molecule has 6 aromatic rings. The third-order valence-electron chi connectivity index (χ3n) is 7.11. The van der Waals surface area contributed by atoms with E-state index in [-0.39, 0.29) is 5.41 Å². The van der Waals surface area contributed by atoms with Gasteiger partial charge >= 0.3 is 0 Å². The Hall–Kier alpha value is -4.14. The van der Waals surface area contributed by atoms with E-state index < -0.39 is 0 Å². The van der Waals surface area contributed by atoms with Crippen LogP contribution in [0.25, 0.3) is 21.2 Å². The van der Waals surface area contributed by atoms with Crippen LogP contribution in [0.2, 0.25) is 0 Å². The first-order valence-corrected chi connectivity index (χ1v) is 12.8. The first-order valence-electron chi connectivity index (χ1n) is 12.0. The van der Waals surface area contributed by atoms with E-state index in [9.17, 15) is 0 Å². The summed E-state index contributed by atoms with van der Waals surface area (Å²) < 4.78 is 1.34. The standard InChI is InChI=1S/C33H23NS/c1-4-12-23(13-5-1)33(24-14-6-2-7-15-24)29-22-26(34-25-16-8-3-9-17-25)20-21-27(29)31-28-18-10-11-19-30(28)35-32(31)33/h1-22,34H. The molecule has 1 N–H and O–H groups in total. The van der Waals surface area contributed by atoms with Crippen LogP contribution in [0.4, 0.5) is 11.4 Å². The van der Waals surface area contributed by atoms with Crippen LogP contribution >= 0.6 is 11.3 Å². The van der Waals surface area contributed by atoms with E-state index in [4.69, 9.17) is 0 Å². The highest BCUT2D eigenvalue weighted by Crippen LogP contribution is 2.61. The number of para-hydroxylation sites is 1. The zero-order chi connectivity index (χ0) is 23.2. The maximum Gasteiger partial charge on any atom is 0.0808 e. The SMILES string of the molecule is c1ccc(Nc2ccc3c(c2)C(c2ccccc2)(c2ccccc2)c2sc4ccccc4c2-3)cc1. The first kappa shape index (κ1) is 20.3. The Labute approximate surface area is 209 Å². The largest absolute Gasteiger partial charge is 0.356 e. The Balaban J connectivity index is 1.58. The zero-order valence-corrected chi connectivity index (χ0v) is 19.9. The molecule has 0 fully saturated rings. The van der Waals surface area contributed by atoms with Crippen LogP contribution in [-0.4, -0.2) is 0 Å². The first-order chi connectivity index (χ1) is 17.4. The van der Waals surface area contributed by atoms with Crippen molar-refractivity contribution in [2.75, 3.05) is 5.32 Å². The van der Waals surface area contributed by atoms with E-state index in [1.165, 1.54) is 42.8 Å². The highest BCUT2D eigenvalue weighted by atomic mass is 32.1. The Morgan fingerprint density at radius 1 is 0.543 bits per heavy atom. The fourth-order valence-corrected chi connectivity index (χ4v) is 7.12. The monoisotopic (exact) mass is 465 g/mol. The maximum atomic E-state index is 3.63. The molecular formula is C33H23NS. The highest BCUT2D eigenvalue weighted by Gasteiger charge is 2.48. The van der Waals surface area contributed by atoms with Gasteiger partial charge < -0.3 is 5.32 Å². The Bertz CT molecular complexity index is 1610. The fraction of sp³-hybridized carbons (Fsp3) is 0.0303. The van der Waals surface area contributed by atoms with Gasteiger partial charge in [0.15, 0.2) is 0 Å². The Morgan fingerprint density at radius 2 is 1.14 bits per heavy atom. The average Bonchev–Trinajstić information content (AvgIpc) is 3.43. The molecule has 1 aliphatic carbocycles. The molecular weight excluding hydrogens is 442 g/mol. The molecule has 0 unspecified atom stereocenters. The van der Waals surface area contributed by atoms with Crippen LogP contribution in [-0.2, 0) is 5.41 Å². The number of nitrogens with one attached hydrogen (secondary N) is 1. The van der Waals surface area contributed by atoms with Crippen LogP contribution in [0.3, 0.4) is 0 Å². The lowest BCUT2D eigenvalue weighted by molar-refractivity contribution is 0.785. The van der Waals surface area contributed by atoms with Crippen molar-refractivity contribution in [3.8, 4) is 11.1 Å². The van der Waals surface area contributed by atoms with Gasteiger partial charge in [-0.1, -0.05) is 103 Å². The number of hydrogen-bond donors (Lipinski definition) is 1. The van der Waals surface area contributed by atoms with Gasteiger partial charge in [0.05, 0.1) is 5.41 Å². The van der Waals surface area contributed by atoms with Crippen LogP contribution in [0, 0.1) is 0 Å². The van der Waals surface area contributed by atoms with E-state index >= 15 is 0 Å². The fourth-order valence-electron chi connectivity index (χ4n) is 5.65. The average molecular weight is 466 g/mol. The third-order valence-corrected chi connectivity index (χ3v) is 8.40. The normalized spacial score (nSPS) is 13.4. The van der Waals surface area contributed by atoms with Crippen LogP contribution in [0.15, 0.2) is 133 Å². The van der Waals surface area contributed by atoms with Gasteiger partial charge in [-0.15, -0.1) is 11.3 Å². The molecule has 1 heterocycles. The summed E-state index contributed by atoms with van der Waals surface area (Å²) in [5.74, 6) is 0. The molecule has 7 rings (SSSR count). The molecule has 166 valence electrons. The second-order valence-electron chi connectivity index (χ2n) is 9.04. The van der Waals surface area contributed by atoms with Crippen molar-refractivity contribution in [3.63, 3.8) is 0 Å². The molecule has 0 saturated heterocycles. The van der Waals surface area contributed by atoms with Crippen molar-refractivity contribution in [2.45, 2.75) is 5.41 Å². The van der Waals surface area contributed by atoms with Gasteiger partial charge in [-0.05, 0) is 52.6 Å². The minimum Gasteiger partial charge on any atom is -0.356 e. The molecule has 1 nitrogen and oxygen atoms in total. The number of anilines is 2. The zero-order valence-electron chi connectivity index (χ0n) is 19.1. The summed E-state index contributed by atoms with van der Waals surface area (Å²) in [6.45, 7) is 0. The maximum absolute atomic E-state index is 3.63. The lowest BCUT2D eigenvalue weighted by Crippen LogP contribution is -2.27. The van der Waals surface area contributed by atoms with Crippen LogP contribution in [0.5, 0.6) is 0 Å². The van der Waals surface area contributed by atoms with Crippen LogP contribution < -0.4 is 5.32 Å². The quantitative estimate of drug-likeness (QED) is 0.273. The minimum atomic E-state index is -0.370. The van der Waals surface area contributed by atoms with Crippen molar-refractivity contribution in [3.05, 3.63) is 155 Å². The van der Waals surface area contributed by atoms with Crippen molar-refractivity contribution < 1.29 is 0 Å². The molecule has 0 bridgehead atoms. The second kappa shape index (κ2) is 7.97. The van der Waals surface area contributed by atoms with Gasteiger partial charge in [-0.3, -0.25) is 0 Å². The summed E-state index contributed by atoms with van der Waals surface area (Å²) in [6, 6.07) is 48.1. The summed E-state index contributed by atoms with van der Waals surface area (Å²) >= 11 is 1.93. The molecule has 2 heteroatoms. The Kier molecular flexibility index (Phi) is 4.61. The van der Waals surface area contributed by atoms with Gasteiger partial charge in [-0.25, -0.2) is 0 Å². The van der Waals surface area contributed by atoms with E-state index in [1.807, 2.05) is 17.4 Å². The lowest BCUT2D eigenvalue weighted by atomic mass is 9.70. The number of thiophene rings is 1.